The lowest BCUT2D eigenvalue weighted by Gasteiger charge is -1.96. The van der Waals surface area contributed by atoms with Gasteiger partial charge in [-0.3, -0.25) is 20.1 Å². The lowest BCUT2D eigenvalue weighted by Crippen LogP contribution is -2.13. The Morgan fingerprint density at radius 1 is 1.43 bits per heavy atom. The van der Waals surface area contributed by atoms with Crippen LogP contribution in [0.1, 0.15) is 10.5 Å². The van der Waals surface area contributed by atoms with E-state index in [1.165, 1.54) is 11.3 Å². The molecule has 11 nitrogen and oxygen atoms in total. The second kappa shape index (κ2) is 8.57. The van der Waals surface area contributed by atoms with Crippen molar-refractivity contribution in [1.29, 1.82) is 0 Å². The zero-order valence-corrected chi connectivity index (χ0v) is 12.6. The summed E-state index contributed by atoms with van der Waals surface area (Å²) in [5, 5.41) is 25.2. The van der Waals surface area contributed by atoms with Crippen molar-refractivity contribution >= 4 is 23.2 Å². The molecule has 3 aromatic heterocycles. The Bertz CT molecular complexity index is 714. The molecular formula is C11H13N9O2S. The van der Waals surface area contributed by atoms with Crippen molar-refractivity contribution in [2.45, 2.75) is 0 Å². The molecule has 3 heterocycles. The minimum Gasteiger partial charge on any atom is -0.395 e. The van der Waals surface area contributed by atoms with Crippen LogP contribution >= 0.6 is 11.3 Å². The molecule has 0 aliphatic carbocycles. The van der Waals surface area contributed by atoms with Crippen LogP contribution in [0.25, 0.3) is 10.7 Å². The van der Waals surface area contributed by atoms with Crippen molar-refractivity contribution < 1.29 is 9.90 Å². The van der Waals surface area contributed by atoms with Crippen LogP contribution in [0.4, 0.5) is 5.95 Å². The highest BCUT2D eigenvalue weighted by molar-refractivity contribution is 7.13. The number of nitrogens with one attached hydrogen (secondary N) is 2. The number of tetrazole rings is 1. The SMILES string of the molecule is NCCO.O=C(Nc1nnn[nH]1)c1csc(-c2cnccn2)n1. The number of carbonyl (C=O) groups excluding carboxylic acids is 1. The number of hydrogen-bond donors (Lipinski definition) is 4. The molecule has 3 aromatic rings. The molecule has 0 saturated carbocycles. The third-order valence-electron chi connectivity index (χ3n) is 2.23. The number of nitrogens with zero attached hydrogens (tertiary/aromatic N) is 6. The molecule has 0 radical (unpaired) electrons. The maximum atomic E-state index is 11.8. The first-order valence-electron chi connectivity index (χ1n) is 6.32. The molecule has 0 bridgehead atoms. The van der Waals surface area contributed by atoms with E-state index < -0.39 is 5.91 Å². The Morgan fingerprint density at radius 2 is 2.26 bits per heavy atom. The minimum absolute atomic E-state index is 0.0972. The first-order chi connectivity index (χ1) is 11.2. The van der Waals surface area contributed by atoms with E-state index in [0.29, 0.717) is 17.2 Å². The second-order valence-electron chi connectivity index (χ2n) is 3.84. The number of aromatic nitrogens is 7. The first-order valence-corrected chi connectivity index (χ1v) is 7.20. The summed E-state index contributed by atoms with van der Waals surface area (Å²) in [7, 11) is 0. The molecule has 0 aromatic carbocycles. The number of aromatic amines is 1. The standard InChI is InChI=1S/C9H6N8OS.C2H7NO/c18-7(13-9-14-16-17-15-9)6-4-19-8(12-6)5-3-10-1-2-11-5;3-1-2-4/h1-4H,(H2,13,14,15,16,17,18);4H,1-3H2. The second-order valence-corrected chi connectivity index (χ2v) is 4.70. The van der Waals surface area contributed by atoms with Crippen LogP contribution in [0, 0.1) is 0 Å². The number of aliphatic hydroxyl groups excluding tert-OH is 1. The van der Waals surface area contributed by atoms with Crippen molar-refractivity contribution in [3.05, 3.63) is 29.7 Å². The number of anilines is 1. The molecular weight excluding hydrogens is 322 g/mol. The maximum absolute atomic E-state index is 11.8. The molecule has 0 atom stereocenters. The number of thiazole rings is 1. The number of hydrogen-bond acceptors (Lipinski definition) is 10. The van der Waals surface area contributed by atoms with E-state index in [9.17, 15) is 4.79 Å². The predicted octanol–water partition coefficient (Wildman–Crippen LogP) is -0.697. The van der Waals surface area contributed by atoms with Crippen LogP contribution < -0.4 is 11.1 Å². The number of carbonyl (C=O) groups is 1. The molecule has 0 fully saturated rings. The van der Waals surface area contributed by atoms with Crippen LogP contribution in [0.2, 0.25) is 0 Å². The number of amides is 1. The maximum Gasteiger partial charge on any atom is 0.277 e. The highest BCUT2D eigenvalue weighted by atomic mass is 32.1. The molecule has 0 spiro atoms. The summed E-state index contributed by atoms with van der Waals surface area (Å²) >= 11 is 1.31. The van der Waals surface area contributed by atoms with E-state index in [-0.39, 0.29) is 18.2 Å². The zero-order chi connectivity index (χ0) is 16.5. The summed E-state index contributed by atoms with van der Waals surface area (Å²) < 4.78 is 0. The summed E-state index contributed by atoms with van der Waals surface area (Å²) in [5.41, 5.74) is 5.66. The van der Waals surface area contributed by atoms with Gasteiger partial charge in [0.15, 0.2) is 0 Å². The smallest absolute Gasteiger partial charge is 0.277 e. The van der Waals surface area contributed by atoms with Gasteiger partial charge in [0, 0.05) is 24.3 Å². The van der Waals surface area contributed by atoms with Gasteiger partial charge in [-0.15, -0.1) is 11.3 Å². The van der Waals surface area contributed by atoms with E-state index in [4.69, 9.17) is 10.8 Å². The van der Waals surface area contributed by atoms with Crippen LogP contribution in [0.15, 0.2) is 24.0 Å². The highest BCUT2D eigenvalue weighted by Crippen LogP contribution is 2.20. The van der Waals surface area contributed by atoms with Crippen molar-refractivity contribution in [2.24, 2.45) is 5.73 Å². The largest absolute Gasteiger partial charge is 0.395 e. The van der Waals surface area contributed by atoms with Gasteiger partial charge in [-0.25, -0.2) is 10.1 Å². The van der Waals surface area contributed by atoms with Crippen molar-refractivity contribution in [3.8, 4) is 10.7 Å². The van der Waals surface area contributed by atoms with Crippen LogP contribution in [0.3, 0.4) is 0 Å². The molecule has 120 valence electrons. The van der Waals surface area contributed by atoms with Gasteiger partial charge < -0.3 is 10.8 Å². The molecule has 5 N–H and O–H groups in total. The monoisotopic (exact) mass is 335 g/mol. The fraction of sp³-hybridized carbons (Fsp3) is 0.182. The fourth-order valence-electron chi connectivity index (χ4n) is 1.29. The predicted molar refractivity (Wildman–Crippen MR) is 81.4 cm³/mol. The molecule has 12 heteroatoms. The molecule has 3 rings (SSSR count). The fourth-order valence-corrected chi connectivity index (χ4v) is 2.05. The van der Waals surface area contributed by atoms with Gasteiger partial charge in [0.25, 0.3) is 5.91 Å². The molecule has 23 heavy (non-hydrogen) atoms. The lowest BCUT2D eigenvalue weighted by atomic mass is 10.4. The average molecular weight is 335 g/mol. The number of rotatable bonds is 4. The topological polar surface area (TPSA) is 168 Å². The quantitative estimate of drug-likeness (QED) is 0.481. The third kappa shape index (κ3) is 4.84. The average Bonchev–Trinajstić information content (AvgIpc) is 3.27. The molecule has 0 aliphatic rings. The van der Waals surface area contributed by atoms with E-state index in [2.05, 4.69) is 40.9 Å². The van der Waals surface area contributed by atoms with E-state index in [1.54, 1.807) is 24.0 Å². The first kappa shape index (κ1) is 16.5. The Kier molecular flexibility index (Phi) is 6.17. The van der Waals surface area contributed by atoms with Gasteiger partial charge in [0.1, 0.15) is 16.4 Å². The van der Waals surface area contributed by atoms with E-state index in [1.807, 2.05) is 0 Å². The highest BCUT2D eigenvalue weighted by Gasteiger charge is 2.13. The Morgan fingerprint density at radius 3 is 2.87 bits per heavy atom. The Labute approximate surface area is 134 Å². The summed E-state index contributed by atoms with van der Waals surface area (Å²) in [5.74, 6) is -0.232. The van der Waals surface area contributed by atoms with Crippen molar-refractivity contribution in [2.75, 3.05) is 18.5 Å². The molecule has 0 aliphatic heterocycles. The van der Waals surface area contributed by atoms with Crippen molar-refractivity contribution in [3.63, 3.8) is 0 Å². The molecule has 1 amide bonds. The summed E-state index contributed by atoms with van der Waals surface area (Å²) in [6.45, 7) is 0.472. The van der Waals surface area contributed by atoms with Crippen LogP contribution in [-0.4, -0.2) is 59.7 Å². The van der Waals surface area contributed by atoms with Gasteiger partial charge in [-0.05, 0) is 10.4 Å². The minimum atomic E-state index is -0.398. The van der Waals surface area contributed by atoms with Crippen LogP contribution in [0.5, 0.6) is 0 Å². The third-order valence-corrected chi connectivity index (χ3v) is 3.09. The summed E-state index contributed by atoms with van der Waals surface area (Å²) in [6.07, 6.45) is 4.72. The summed E-state index contributed by atoms with van der Waals surface area (Å²) in [6, 6.07) is 0. The van der Waals surface area contributed by atoms with E-state index in [0.717, 1.165) is 0 Å². The normalized spacial score (nSPS) is 9.83. The van der Waals surface area contributed by atoms with E-state index >= 15 is 0 Å². The molecule has 0 unspecified atom stereocenters. The van der Waals surface area contributed by atoms with Gasteiger partial charge in [0.2, 0.25) is 5.95 Å². The zero-order valence-electron chi connectivity index (χ0n) is 11.7. The Balaban J connectivity index is 0.000000433. The van der Waals surface area contributed by atoms with Gasteiger partial charge in [-0.1, -0.05) is 5.10 Å². The Hall–Kier alpha value is -2.83. The van der Waals surface area contributed by atoms with Gasteiger partial charge >= 0.3 is 0 Å². The number of nitrogens with two attached hydrogens (primary N) is 1. The van der Waals surface area contributed by atoms with Gasteiger partial charge in [-0.2, -0.15) is 0 Å². The number of aliphatic hydroxyl groups is 1. The number of H-pyrrole nitrogens is 1. The van der Waals surface area contributed by atoms with Crippen molar-refractivity contribution in [1.82, 2.24) is 35.6 Å². The molecule has 0 saturated heterocycles. The van der Waals surface area contributed by atoms with Gasteiger partial charge in [0.05, 0.1) is 12.8 Å². The van der Waals surface area contributed by atoms with Crippen LogP contribution in [-0.2, 0) is 0 Å². The lowest BCUT2D eigenvalue weighted by molar-refractivity contribution is 0.102. The summed E-state index contributed by atoms with van der Waals surface area (Å²) in [4.78, 5) is 24.1.